The molecule has 2 heterocycles. The summed E-state index contributed by atoms with van der Waals surface area (Å²) in [7, 11) is 0. The number of likely N-dealkylation sites (tertiary alicyclic amines) is 1. The number of aliphatic carboxylic acids is 1. The van der Waals surface area contributed by atoms with E-state index in [9.17, 15) is 9.59 Å². The summed E-state index contributed by atoms with van der Waals surface area (Å²) in [6.07, 6.45) is 3.53. The fraction of sp³-hybridized carbons (Fsp3) is 0.556. The van der Waals surface area contributed by atoms with Crippen molar-refractivity contribution in [3.8, 4) is 5.75 Å². The fourth-order valence-electron chi connectivity index (χ4n) is 3.65. The number of amides is 1. The number of rotatable bonds is 4. The third-order valence-corrected chi connectivity index (χ3v) is 4.85. The van der Waals surface area contributed by atoms with Gasteiger partial charge >= 0.3 is 5.97 Å². The summed E-state index contributed by atoms with van der Waals surface area (Å²) < 4.78 is 5.64. The van der Waals surface area contributed by atoms with Gasteiger partial charge in [-0.15, -0.1) is 0 Å². The van der Waals surface area contributed by atoms with Crippen LogP contribution in [0.3, 0.4) is 0 Å². The molecule has 2 aliphatic rings. The molecular formula is C18H23NO4. The lowest BCUT2D eigenvalue weighted by molar-refractivity contribution is -0.137. The van der Waals surface area contributed by atoms with Crippen molar-refractivity contribution in [2.24, 2.45) is 5.92 Å². The van der Waals surface area contributed by atoms with Crippen LogP contribution in [0.15, 0.2) is 24.3 Å². The average molecular weight is 317 g/mol. The predicted molar refractivity (Wildman–Crippen MR) is 85.5 cm³/mol. The van der Waals surface area contributed by atoms with Crippen LogP contribution in [-0.2, 0) is 9.59 Å². The second-order valence-corrected chi connectivity index (χ2v) is 6.45. The van der Waals surface area contributed by atoms with Gasteiger partial charge in [-0.2, -0.15) is 0 Å². The van der Waals surface area contributed by atoms with Crippen molar-refractivity contribution in [2.75, 3.05) is 19.7 Å². The molecule has 124 valence electrons. The lowest BCUT2D eigenvalue weighted by Crippen LogP contribution is -2.43. The Bertz CT molecular complexity index is 586. The minimum absolute atomic E-state index is 0.127. The molecule has 0 saturated carbocycles. The molecule has 23 heavy (non-hydrogen) atoms. The highest BCUT2D eigenvalue weighted by atomic mass is 16.5. The molecule has 2 aliphatic heterocycles. The van der Waals surface area contributed by atoms with Gasteiger partial charge in [0.25, 0.3) is 0 Å². The molecular weight excluding hydrogens is 294 g/mol. The van der Waals surface area contributed by atoms with Gasteiger partial charge in [-0.25, -0.2) is 0 Å². The monoisotopic (exact) mass is 317 g/mol. The largest absolute Gasteiger partial charge is 0.493 e. The van der Waals surface area contributed by atoms with Crippen LogP contribution >= 0.6 is 0 Å². The number of carbonyl (C=O) groups is 2. The number of hydrogen-bond acceptors (Lipinski definition) is 3. The van der Waals surface area contributed by atoms with Gasteiger partial charge in [0, 0.05) is 25.1 Å². The summed E-state index contributed by atoms with van der Waals surface area (Å²) in [5, 5.41) is 8.84. The summed E-state index contributed by atoms with van der Waals surface area (Å²) in [6.45, 7) is 2.04. The number of hydrogen-bond donors (Lipinski definition) is 1. The van der Waals surface area contributed by atoms with Crippen LogP contribution in [0.25, 0.3) is 0 Å². The van der Waals surface area contributed by atoms with E-state index < -0.39 is 5.97 Å². The Hall–Kier alpha value is -2.04. The van der Waals surface area contributed by atoms with E-state index in [-0.39, 0.29) is 18.2 Å². The van der Waals surface area contributed by atoms with Gasteiger partial charge < -0.3 is 14.7 Å². The zero-order valence-corrected chi connectivity index (χ0v) is 13.2. The highest BCUT2D eigenvalue weighted by Gasteiger charge is 2.33. The van der Waals surface area contributed by atoms with E-state index in [0.717, 1.165) is 30.7 Å². The smallest absolute Gasteiger partial charge is 0.303 e. The van der Waals surface area contributed by atoms with Crippen molar-refractivity contribution in [1.29, 1.82) is 0 Å². The Labute approximate surface area is 136 Å². The van der Waals surface area contributed by atoms with Crippen LogP contribution in [0.1, 0.15) is 43.6 Å². The second kappa shape index (κ2) is 7.02. The molecule has 0 aliphatic carbocycles. The second-order valence-electron chi connectivity index (χ2n) is 6.45. The minimum Gasteiger partial charge on any atom is -0.493 e. The van der Waals surface area contributed by atoms with E-state index in [1.165, 1.54) is 0 Å². The van der Waals surface area contributed by atoms with E-state index in [1.807, 2.05) is 29.2 Å². The van der Waals surface area contributed by atoms with Crippen molar-refractivity contribution in [3.63, 3.8) is 0 Å². The molecule has 0 unspecified atom stereocenters. The quantitative estimate of drug-likeness (QED) is 0.927. The Morgan fingerprint density at radius 3 is 2.91 bits per heavy atom. The number of carbonyl (C=O) groups excluding carboxylic acids is 1. The first-order valence-electron chi connectivity index (χ1n) is 8.37. The van der Waals surface area contributed by atoms with Crippen LogP contribution in [0.4, 0.5) is 0 Å². The van der Waals surface area contributed by atoms with E-state index in [0.29, 0.717) is 31.9 Å². The van der Waals surface area contributed by atoms with Gasteiger partial charge in [0.15, 0.2) is 0 Å². The molecule has 2 atom stereocenters. The molecule has 0 aromatic heterocycles. The minimum atomic E-state index is -0.758. The van der Waals surface area contributed by atoms with Crippen molar-refractivity contribution in [1.82, 2.24) is 4.90 Å². The lowest BCUT2D eigenvalue weighted by atomic mass is 9.89. The predicted octanol–water partition coefficient (Wildman–Crippen LogP) is 2.66. The number of carboxylic acids is 1. The maximum Gasteiger partial charge on any atom is 0.303 e. The van der Waals surface area contributed by atoms with Crippen molar-refractivity contribution < 1.29 is 19.4 Å². The zero-order valence-electron chi connectivity index (χ0n) is 13.2. The van der Waals surface area contributed by atoms with E-state index in [1.54, 1.807) is 0 Å². The van der Waals surface area contributed by atoms with Crippen molar-refractivity contribution >= 4 is 11.9 Å². The molecule has 5 nitrogen and oxygen atoms in total. The average Bonchev–Trinajstić information content (AvgIpc) is 2.59. The fourth-order valence-corrected chi connectivity index (χ4v) is 3.65. The number of para-hydroxylation sites is 1. The Morgan fingerprint density at radius 1 is 1.26 bits per heavy atom. The molecule has 0 spiro atoms. The van der Waals surface area contributed by atoms with Gasteiger partial charge in [0.1, 0.15) is 5.75 Å². The molecule has 1 aromatic carbocycles. The maximum atomic E-state index is 13.0. The van der Waals surface area contributed by atoms with Crippen LogP contribution in [0.5, 0.6) is 5.75 Å². The van der Waals surface area contributed by atoms with Gasteiger partial charge in [-0.05, 0) is 37.7 Å². The summed E-state index contributed by atoms with van der Waals surface area (Å²) in [5.74, 6) is 0.404. The third-order valence-electron chi connectivity index (χ3n) is 4.85. The maximum absolute atomic E-state index is 13.0. The van der Waals surface area contributed by atoms with Crippen molar-refractivity contribution in [3.05, 3.63) is 29.8 Å². The van der Waals surface area contributed by atoms with E-state index in [2.05, 4.69) is 0 Å². The normalized spacial score (nSPS) is 23.7. The van der Waals surface area contributed by atoms with Gasteiger partial charge in [0.05, 0.1) is 12.5 Å². The Kier molecular flexibility index (Phi) is 4.84. The Balaban J connectivity index is 1.67. The van der Waals surface area contributed by atoms with Crippen LogP contribution < -0.4 is 4.74 Å². The number of benzene rings is 1. The van der Waals surface area contributed by atoms with Crippen LogP contribution in [0.2, 0.25) is 0 Å². The van der Waals surface area contributed by atoms with Crippen LogP contribution in [0, 0.1) is 5.92 Å². The van der Waals surface area contributed by atoms with E-state index >= 15 is 0 Å². The molecule has 5 heteroatoms. The summed E-state index contributed by atoms with van der Waals surface area (Å²) in [6, 6.07) is 7.76. The highest BCUT2D eigenvalue weighted by molar-refractivity contribution is 5.85. The van der Waals surface area contributed by atoms with E-state index in [4.69, 9.17) is 9.84 Å². The molecule has 1 fully saturated rings. The third kappa shape index (κ3) is 3.66. The molecule has 1 saturated heterocycles. The zero-order chi connectivity index (χ0) is 16.2. The lowest BCUT2D eigenvalue weighted by Gasteiger charge is -2.36. The standard InChI is InChI=1S/C18H23NO4/c20-17(21)8-7-13-4-3-10-19(12-13)18(22)15-9-11-23-16-6-2-1-5-14(15)16/h1-2,5-6,13,15H,3-4,7-12H2,(H,20,21)/t13-,15-/m0/s1. The van der Waals surface area contributed by atoms with Gasteiger partial charge in [0.2, 0.25) is 5.91 Å². The number of fused-ring (bicyclic) bond motifs is 1. The summed E-state index contributed by atoms with van der Waals surface area (Å²) in [5.41, 5.74) is 0.983. The highest BCUT2D eigenvalue weighted by Crippen LogP contribution is 2.35. The first-order chi connectivity index (χ1) is 11.1. The first kappa shape index (κ1) is 15.8. The molecule has 1 amide bonds. The number of piperidine rings is 1. The SMILES string of the molecule is O=C(O)CC[C@@H]1CCCN(C(=O)[C@H]2CCOc3ccccc32)C1. The molecule has 0 bridgehead atoms. The molecule has 3 rings (SSSR count). The Morgan fingerprint density at radius 2 is 2.09 bits per heavy atom. The number of carboxylic acid groups (broad SMARTS) is 1. The topological polar surface area (TPSA) is 66.8 Å². The molecule has 0 radical (unpaired) electrons. The van der Waals surface area contributed by atoms with Crippen LogP contribution in [-0.4, -0.2) is 41.6 Å². The number of nitrogens with zero attached hydrogens (tertiary/aromatic N) is 1. The molecule has 1 N–H and O–H groups in total. The summed E-state index contributed by atoms with van der Waals surface area (Å²) >= 11 is 0. The first-order valence-corrected chi connectivity index (χ1v) is 8.37. The van der Waals surface area contributed by atoms with Gasteiger partial charge in [-0.1, -0.05) is 18.2 Å². The number of ether oxygens (including phenoxy) is 1. The summed E-state index contributed by atoms with van der Waals surface area (Å²) in [4.78, 5) is 25.6. The molecule has 1 aromatic rings. The van der Waals surface area contributed by atoms with Gasteiger partial charge in [-0.3, -0.25) is 9.59 Å². The van der Waals surface area contributed by atoms with Crippen molar-refractivity contribution in [2.45, 2.75) is 38.0 Å².